The number of hydrogen-bond donors (Lipinski definition) is 2. The Bertz CT molecular complexity index is 350. The molecule has 1 aromatic rings. The first kappa shape index (κ1) is 19.7. The second-order valence-electron chi connectivity index (χ2n) is 4.31. The van der Waals surface area contributed by atoms with Crippen molar-refractivity contribution in [3.05, 3.63) is 22.4 Å². The van der Waals surface area contributed by atoms with Gasteiger partial charge in [0.1, 0.15) is 0 Å². The van der Waals surface area contributed by atoms with Crippen LogP contribution in [0, 0.1) is 0 Å². The lowest BCUT2D eigenvalue weighted by Gasteiger charge is -2.18. The lowest BCUT2D eigenvalue weighted by atomic mass is 10.3. The molecule has 0 amide bonds. The molecule has 116 valence electrons. The van der Waals surface area contributed by atoms with Gasteiger partial charge in [-0.15, -0.1) is 35.3 Å². The van der Waals surface area contributed by atoms with Crippen LogP contribution < -0.4 is 10.6 Å². The third kappa shape index (κ3) is 8.06. The van der Waals surface area contributed by atoms with Crippen LogP contribution in [0.25, 0.3) is 0 Å². The summed E-state index contributed by atoms with van der Waals surface area (Å²) < 4.78 is 0. The fourth-order valence-electron chi connectivity index (χ4n) is 1.85. The Kier molecular flexibility index (Phi) is 12.2. The molecule has 20 heavy (non-hydrogen) atoms. The van der Waals surface area contributed by atoms with E-state index < -0.39 is 0 Å². The highest BCUT2D eigenvalue weighted by Gasteiger charge is 2.00. The Morgan fingerprint density at radius 3 is 2.60 bits per heavy atom. The van der Waals surface area contributed by atoms with Gasteiger partial charge in [0.25, 0.3) is 0 Å². The van der Waals surface area contributed by atoms with Crippen LogP contribution in [0.4, 0.5) is 0 Å². The summed E-state index contributed by atoms with van der Waals surface area (Å²) >= 11 is 1.76. The molecule has 0 fully saturated rings. The van der Waals surface area contributed by atoms with Gasteiger partial charge in [0.2, 0.25) is 0 Å². The minimum Gasteiger partial charge on any atom is -0.356 e. The number of aliphatic imine (C=N–C) groups is 1. The molecule has 0 atom stereocenters. The van der Waals surface area contributed by atoms with Crippen LogP contribution >= 0.6 is 35.3 Å². The number of halogens is 1. The van der Waals surface area contributed by atoms with Crippen molar-refractivity contribution in [2.75, 3.05) is 33.2 Å². The molecule has 0 radical (unpaired) electrons. The second-order valence-corrected chi connectivity index (χ2v) is 5.34. The predicted octanol–water partition coefficient (Wildman–Crippen LogP) is 2.76. The van der Waals surface area contributed by atoms with E-state index in [0.29, 0.717) is 0 Å². The van der Waals surface area contributed by atoms with Crippen molar-refractivity contribution in [2.45, 2.75) is 26.8 Å². The zero-order valence-corrected chi connectivity index (χ0v) is 15.8. The van der Waals surface area contributed by atoms with Gasteiger partial charge >= 0.3 is 0 Å². The third-order valence-corrected chi connectivity index (χ3v) is 3.95. The van der Waals surface area contributed by atoms with Gasteiger partial charge in [0.15, 0.2) is 5.96 Å². The van der Waals surface area contributed by atoms with Gasteiger partial charge < -0.3 is 15.5 Å². The number of rotatable bonds is 8. The van der Waals surface area contributed by atoms with Crippen LogP contribution in [0.3, 0.4) is 0 Å². The molecular weight excluding hydrogens is 383 g/mol. The minimum atomic E-state index is 0. The van der Waals surface area contributed by atoms with Crippen molar-refractivity contribution >= 4 is 41.3 Å². The first-order valence-corrected chi connectivity index (χ1v) is 7.87. The van der Waals surface area contributed by atoms with Crippen molar-refractivity contribution in [1.82, 2.24) is 15.5 Å². The molecule has 1 heterocycles. The fourth-order valence-corrected chi connectivity index (χ4v) is 2.50. The SMILES string of the molecule is CCN(CC)CCCNC(=NC)NCc1cccs1.I. The minimum absolute atomic E-state index is 0. The lowest BCUT2D eigenvalue weighted by Crippen LogP contribution is -2.38. The average Bonchev–Trinajstić information content (AvgIpc) is 2.95. The van der Waals surface area contributed by atoms with E-state index in [1.165, 1.54) is 4.88 Å². The van der Waals surface area contributed by atoms with E-state index >= 15 is 0 Å². The molecule has 0 saturated carbocycles. The molecule has 4 nitrogen and oxygen atoms in total. The Morgan fingerprint density at radius 2 is 2.05 bits per heavy atom. The van der Waals surface area contributed by atoms with Crippen LogP contribution in [-0.4, -0.2) is 44.1 Å². The van der Waals surface area contributed by atoms with Gasteiger partial charge in [0.05, 0.1) is 6.54 Å². The zero-order chi connectivity index (χ0) is 13.9. The molecule has 0 aliphatic carbocycles. The summed E-state index contributed by atoms with van der Waals surface area (Å²) in [6.45, 7) is 9.61. The smallest absolute Gasteiger partial charge is 0.191 e. The van der Waals surface area contributed by atoms with Crippen molar-refractivity contribution in [3.63, 3.8) is 0 Å². The number of nitrogens with one attached hydrogen (secondary N) is 2. The predicted molar refractivity (Wildman–Crippen MR) is 100 cm³/mol. The van der Waals surface area contributed by atoms with Gasteiger partial charge in [-0.1, -0.05) is 19.9 Å². The molecular formula is C14H27IN4S. The maximum absolute atomic E-state index is 4.23. The molecule has 0 aliphatic rings. The van der Waals surface area contributed by atoms with E-state index in [4.69, 9.17) is 0 Å². The second kappa shape index (κ2) is 12.4. The van der Waals surface area contributed by atoms with E-state index in [0.717, 1.165) is 45.1 Å². The van der Waals surface area contributed by atoms with Crippen LogP contribution in [-0.2, 0) is 6.54 Å². The van der Waals surface area contributed by atoms with Crippen molar-refractivity contribution in [2.24, 2.45) is 4.99 Å². The number of nitrogens with zero attached hydrogens (tertiary/aromatic N) is 2. The average molecular weight is 410 g/mol. The van der Waals surface area contributed by atoms with E-state index in [2.05, 4.69) is 51.9 Å². The molecule has 6 heteroatoms. The number of guanidine groups is 1. The number of hydrogen-bond acceptors (Lipinski definition) is 3. The molecule has 0 aromatic carbocycles. The first-order chi connectivity index (χ1) is 9.30. The monoisotopic (exact) mass is 410 g/mol. The van der Waals surface area contributed by atoms with Crippen molar-refractivity contribution in [3.8, 4) is 0 Å². The van der Waals surface area contributed by atoms with Gasteiger partial charge in [0, 0.05) is 18.5 Å². The molecule has 0 bridgehead atoms. The highest BCUT2D eigenvalue weighted by atomic mass is 127. The van der Waals surface area contributed by atoms with Crippen molar-refractivity contribution in [1.29, 1.82) is 0 Å². The highest BCUT2D eigenvalue weighted by molar-refractivity contribution is 14.0. The molecule has 0 unspecified atom stereocenters. The van der Waals surface area contributed by atoms with Crippen LogP contribution in [0.15, 0.2) is 22.5 Å². The standard InChI is InChI=1S/C14H26N4S.HI/c1-4-18(5-2)10-7-9-16-14(15-3)17-12-13-8-6-11-19-13;/h6,8,11H,4-5,7,9-10,12H2,1-3H3,(H2,15,16,17);1H. The van der Waals surface area contributed by atoms with E-state index in [9.17, 15) is 0 Å². The zero-order valence-electron chi connectivity index (χ0n) is 12.7. The third-order valence-electron chi connectivity index (χ3n) is 3.07. The van der Waals surface area contributed by atoms with Gasteiger partial charge in [-0.2, -0.15) is 0 Å². The van der Waals surface area contributed by atoms with E-state index in [-0.39, 0.29) is 24.0 Å². The fraction of sp³-hybridized carbons (Fsp3) is 0.643. The molecule has 1 rings (SSSR count). The van der Waals surface area contributed by atoms with Crippen molar-refractivity contribution < 1.29 is 0 Å². The Balaban J connectivity index is 0.00000361. The normalized spacial score (nSPS) is 11.3. The van der Waals surface area contributed by atoms with Gasteiger partial charge in [-0.25, -0.2) is 0 Å². The molecule has 0 saturated heterocycles. The highest BCUT2D eigenvalue weighted by Crippen LogP contribution is 2.06. The Morgan fingerprint density at radius 1 is 1.30 bits per heavy atom. The quantitative estimate of drug-likeness (QED) is 0.300. The summed E-state index contributed by atoms with van der Waals surface area (Å²) in [7, 11) is 1.81. The summed E-state index contributed by atoms with van der Waals surface area (Å²) in [6.07, 6.45) is 1.14. The lowest BCUT2D eigenvalue weighted by molar-refractivity contribution is 0.300. The van der Waals surface area contributed by atoms with Gasteiger partial charge in [-0.05, 0) is 37.5 Å². The van der Waals surface area contributed by atoms with Gasteiger partial charge in [-0.3, -0.25) is 4.99 Å². The maximum Gasteiger partial charge on any atom is 0.191 e. The maximum atomic E-state index is 4.23. The van der Waals surface area contributed by atoms with Crippen LogP contribution in [0.2, 0.25) is 0 Å². The summed E-state index contributed by atoms with van der Waals surface area (Å²) in [4.78, 5) is 7.99. The van der Waals surface area contributed by atoms with Crippen LogP contribution in [0.5, 0.6) is 0 Å². The first-order valence-electron chi connectivity index (χ1n) is 6.99. The van der Waals surface area contributed by atoms with E-state index in [1.54, 1.807) is 11.3 Å². The Hall–Kier alpha value is -0.340. The number of thiophene rings is 1. The van der Waals surface area contributed by atoms with E-state index in [1.807, 2.05) is 7.05 Å². The largest absolute Gasteiger partial charge is 0.356 e. The van der Waals surface area contributed by atoms with Crippen LogP contribution in [0.1, 0.15) is 25.1 Å². The summed E-state index contributed by atoms with van der Waals surface area (Å²) in [5.41, 5.74) is 0. The summed E-state index contributed by atoms with van der Waals surface area (Å²) in [5, 5.41) is 8.77. The molecule has 2 N–H and O–H groups in total. The topological polar surface area (TPSA) is 39.7 Å². The molecule has 0 aliphatic heterocycles. The molecule has 1 aromatic heterocycles. The Labute approximate surface area is 144 Å². The molecule has 0 spiro atoms. The summed E-state index contributed by atoms with van der Waals surface area (Å²) in [5.74, 6) is 0.882. The summed E-state index contributed by atoms with van der Waals surface area (Å²) in [6, 6.07) is 4.20.